The van der Waals surface area contributed by atoms with Gasteiger partial charge in [-0.15, -0.1) is 0 Å². The van der Waals surface area contributed by atoms with Crippen LogP contribution in [0.1, 0.15) is 23.2 Å². The smallest absolute Gasteiger partial charge is 0.339 e. The number of anilines is 1. The Balaban J connectivity index is 1.94. The zero-order chi connectivity index (χ0) is 12.7. The maximum Gasteiger partial charge on any atom is 0.339 e. The van der Waals surface area contributed by atoms with E-state index in [2.05, 4.69) is 20.9 Å². The summed E-state index contributed by atoms with van der Waals surface area (Å²) < 4.78 is 6.43. The van der Waals surface area contributed by atoms with Crippen LogP contribution in [0.4, 0.5) is 5.82 Å². The zero-order valence-corrected chi connectivity index (χ0v) is 11.3. The van der Waals surface area contributed by atoms with Crippen LogP contribution in [-0.4, -0.2) is 41.4 Å². The summed E-state index contributed by atoms with van der Waals surface area (Å²) in [6.07, 6.45) is 4.19. The highest BCUT2D eigenvalue weighted by atomic mass is 79.9. The Hall–Kier alpha value is -1.14. The third-order valence-corrected chi connectivity index (χ3v) is 3.84. The summed E-state index contributed by atoms with van der Waals surface area (Å²) in [6, 6.07) is 1.60. The van der Waals surface area contributed by atoms with Gasteiger partial charge in [0, 0.05) is 23.8 Å². The van der Waals surface area contributed by atoms with Gasteiger partial charge in [0.25, 0.3) is 0 Å². The summed E-state index contributed by atoms with van der Waals surface area (Å²) in [5, 5.41) is 9.25. The third kappa shape index (κ3) is 2.10. The standard InChI is InChI=1S/C12H13BrN2O3/c13-7-3-10(12(16)17)11(14-4-7)15-5-8-1-2-9(6-15)18-8/h3-4,8-9H,1-2,5-6H2,(H,16,17). The SMILES string of the molecule is O=C(O)c1cc(Br)cnc1N1CC2CCC(C1)O2. The number of hydrogen-bond acceptors (Lipinski definition) is 4. The highest BCUT2D eigenvalue weighted by Gasteiger charge is 2.35. The molecule has 3 rings (SSSR count). The molecule has 2 aliphatic rings. The van der Waals surface area contributed by atoms with Crippen LogP contribution in [0.25, 0.3) is 0 Å². The number of morpholine rings is 1. The van der Waals surface area contributed by atoms with Gasteiger partial charge in [0.1, 0.15) is 11.4 Å². The van der Waals surface area contributed by atoms with Crippen LogP contribution in [0.2, 0.25) is 0 Å². The van der Waals surface area contributed by atoms with E-state index in [9.17, 15) is 9.90 Å². The predicted octanol–water partition coefficient (Wildman–Crippen LogP) is 1.91. The van der Waals surface area contributed by atoms with Crippen LogP contribution in [0.3, 0.4) is 0 Å². The molecule has 0 radical (unpaired) electrons. The number of hydrogen-bond donors (Lipinski definition) is 1. The molecule has 0 aliphatic carbocycles. The van der Waals surface area contributed by atoms with Crippen molar-refractivity contribution < 1.29 is 14.6 Å². The predicted molar refractivity (Wildman–Crippen MR) is 69.0 cm³/mol. The average molecular weight is 313 g/mol. The van der Waals surface area contributed by atoms with Crippen LogP contribution in [0, 0.1) is 0 Å². The average Bonchev–Trinajstić information content (AvgIpc) is 2.68. The second-order valence-electron chi connectivity index (χ2n) is 4.69. The maximum absolute atomic E-state index is 11.3. The van der Waals surface area contributed by atoms with Crippen molar-refractivity contribution in [2.24, 2.45) is 0 Å². The minimum Gasteiger partial charge on any atom is -0.478 e. The van der Waals surface area contributed by atoms with Gasteiger partial charge in [-0.1, -0.05) is 0 Å². The van der Waals surface area contributed by atoms with Crippen molar-refractivity contribution in [2.75, 3.05) is 18.0 Å². The fraction of sp³-hybridized carbons (Fsp3) is 0.500. The molecule has 18 heavy (non-hydrogen) atoms. The van der Waals surface area contributed by atoms with E-state index in [1.165, 1.54) is 0 Å². The first-order valence-corrected chi connectivity index (χ1v) is 6.72. The Morgan fingerprint density at radius 2 is 2.11 bits per heavy atom. The maximum atomic E-state index is 11.3. The van der Waals surface area contributed by atoms with Gasteiger partial charge in [0.2, 0.25) is 0 Å². The molecule has 2 fully saturated rings. The minimum absolute atomic E-state index is 0.218. The Morgan fingerprint density at radius 1 is 1.44 bits per heavy atom. The summed E-state index contributed by atoms with van der Waals surface area (Å²) in [6.45, 7) is 1.46. The first kappa shape index (κ1) is 11.9. The molecule has 1 N–H and O–H groups in total. The molecule has 0 spiro atoms. The van der Waals surface area contributed by atoms with Gasteiger partial charge in [0.05, 0.1) is 12.2 Å². The van der Waals surface area contributed by atoms with Gasteiger partial charge in [-0.25, -0.2) is 9.78 Å². The molecule has 0 amide bonds. The number of fused-ring (bicyclic) bond motifs is 2. The lowest BCUT2D eigenvalue weighted by Crippen LogP contribution is -2.43. The van der Waals surface area contributed by atoms with Gasteiger partial charge >= 0.3 is 5.97 Å². The number of ether oxygens (including phenoxy) is 1. The number of carboxylic acid groups (broad SMARTS) is 1. The van der Waals surface area contributed by atoms with Crippen molar-refractivity contribution >= 4 is 27.7 Å². The molecule has 2 unspecified atom stereocenters. The quantitative estimate of drug-likeness (QED) is 0.904. The van der Waals surface area contributed by atoms with Crippen molar-refractivity contribution in [1.82, 2.24) is 4.98 Å². The van der Waals surface area contributed by atoms with E-state index in [0.717, 1.165) is 25.9 Å². The van der Waals surface area contributed by atoms with E-state index in [1.54, 1.807) is 12.3 Å². The summed E-state index contributed by atoms with van der Waals surface area (Å²) in [4.78, 5) is 17.6. The van der Waals surface area contributed by atoms with Crippen molar-refractivity contribution in [1.29, 1.82) is 0 Å². The summed E-state index contributed by atoms with van der Waals surface area (Å²) in [5.41, 5.74) is 0.241. The Kier molecular flexibility index (Phi) is 2.99. The molecule has 5 nitrogen and oxygen atoms in total. The molecule has 6 heteroatoms. The van der Waals surface area contributed by atoms with E-state index in [-0.39, 0.29) is 17.8 Å². The number of nitrogens with zero attached hydrogens (tertiary/aromatic N) is 2. The Bertz CT molecular complexity index is 482. The van der Waals surface area contributed by atoms with Crippen LogP contribution in [0.5, 0.6) is 0 Å². The van der Waals surface area contributed by atoms with Crippen LogP contribution < -0.4 is 4.90 Å². The minimum atomic E-state index is -0.947. The van der Waals surface area contributed by atoms with Crippen molar-refractivity contribution in [2.45, 2.75) is 25.0 Å². The van der Waals surface area contributed by atoms with Crippen LogP contribution >= 0.6 is 15.9 Å². The number of carboxylic acids is 1. The number of halogens is 1. The largest absolute Gasteiger partial charge is 0.478 e. The monoisotopic (exact) mass is 312 g/mol. The lowest BCUT2D eigenvalue weighted by molar-refractivity contribution is 0.0300. The molecule has 0 aromatic carbocycles. The fourth-order valence-corrected chi connectivity index (χ4v) is 2.96. The van der Waals surface area contributed by atoms with Gasteiger partial charge in [0.15, 0.2) is 0 Å². The van der Waals surface area contributed by atoms with Gasteiger partial charge in [-0.05, 0) is 34.8 Å². The Morgan fingerprint density at radius 3 is 2.72 bits per heavy atom. The van der Waals surface area contributed by atoms with Crippen LogP contribution in [0.15, 0.2) is 16.7 Å². The van der Waals surface area contributed by atoms with Gasteiger partial charge in [-0.2, -0.15) is 0 Å². The molecule has 2 saturated heterocycles. The van der Waals surface area contributed by atoms with Crippen molar-refractivity contribution in [3.8, 4) is 0 Å². The summed E-state index contributed by atoms with van der Waals surface area (Å²) in [5.74, 6) is -0.400. The molecule has 0 saturated carbocycles. The lowest BCUT2D eigenvalue weighted by Gasteiger charge is -2.33. The zero-order valence-electron chi connectivity index (χ0n) is 9.67. The number of aromatic carboxylic acids is 1. The number of aromatic nitrogens is 1. The molecule has 1 aromatic heterocycles. The van der Waals surface area contributed by atoms with Crippen molar-refractivity contribution in [3.05, 3.63) is 22.3 Å². The second-order valence-corrected chi connectivity index (χ2v) is 5.61. The summed E-state index contributed by atoms with van der Waals surface area (Å²) in [7, 11) is 0. The molecule has 3 heterocycles. The molecule has 2 atom stereocenters. The molecule has 2 aliphatic heterocycles. The van der Waals surface area contributed by atoms with E-state index in [0.29, 0.717) is 10.3 Å². The fourth-order valence-electron chi connectivity index (χ4n) is 2.63. The Labute approximate surface area is 113 Å². The molecule has 1 aromatic rings. The van der Waals surface area contributed by atoms with Gasteiger partial charge in [-0.3, -0.25) is 0 Å². The van der Waals surface area contributed by atoms with E-state index in [4.69, 9.17) is 4.74 Å². The first-order valence-electron chi connectivity index (χ1n) is 5.93. The van der Waals surface area contributed by atoms with E-state index in [1.807, 2.05) is 4.90 Å². The van der Waals surface area contributed by atoms with Gasteiger partial charge < -0.3 is 14.7 Å². The normalized spacial score (nSPS) is 26.4. The highest BCUT2D eigenvalue weighted by molar-refractivity contribution is 9.10. The van der Waals surface area contributed by atoms with Crippen LogP contribution in [-0.2, 0) is 4.74 Å². The number of pyridine rings is 1. The molecular weight excluding hydrogens is 300 g/mol. The lowest BCUT2D eigenvalue weighted by atomic mass is 10.2. The summed E-state index contributed by atoms with van der Waals surface area (Å²) >= 11 is 3.26. The third-order valence-electron chi connectivity index (χ3n) is 3.41. The highest BCUT2D eigenvalue weighted by Crippen LogP contribution is 2.31. The second kappa shape index (κ2) is 4.51. The number of rotatable bonds is 2. The van der Waals surface area contributed by atoms with E-state index < -0.39 is 5.97 Å². The molecule has 2 bridgehead atoms. The number of carbonyl (C=O) groups is 1. The molecule has 96 valence electrons. The van der Waals surface area contributed by atoms with E-state index >= 15 is 0 Å². The van der Waals surface area contributed by atoms with Crippen molar-refractivity contribution in [3.63, 3.8) is 0 Å². The topological polar surface area (TPSA) is 62.7 Å². The first-order chi connectivity index (χ1) is 8.63. The molecular formula is C12H13BrN2O3.